The molecule has 0 spiro atoms. The lowest BCUT2D eigenvalue weighted by Crippen LogP contribution is -2.19. The molecule has 0 aliphatic heterocycles. The van der Waals surface area contributed by atoms with E-state index in [4.69, 9.17) is 0 Å². The third-order valence-corrected chi connectivity index (χ3v) is 3.61. The Bertz CT molecular complexity index is 699. The van der Waals surface area contributed by atoms with Gasteiger partial charge in [0, 0.05) is 23.2 Å². The van der Waals surface area contributed by atoms with E-state index in [2.05, 4.69) is 10.6 Å². The van der Waals surface area contributed by atoms with E-state index >= 15 is 0 Å². The molecule has 0 fully saturated rings. The summed E-state index contributed by atoms with van der Waals surface area (Å²) in [4.78, 5) is 23.9. The first-order chi connectivity index (χ1) is 11.0. The first kappa shape index (κ1) is 16.5. The van der Waals surface area contributed by atoms with Crippen LogP contribution >= 0.6 is 0 Å². The van der Waals surface area contributed by atoms with E-state index in [9.17, 15) is 14.7 Å². The lowest BCUT2D eigenvalue weighted by atomic mass is 10.1. The lowest BCUT2D eigenvalue weighted by Gasteiger charge is -2.12. The number of phenolic OH excluding ortho intramolecular Hbond substituents is 1. The van der Waals surface area contributed by atoms with Crippen molar-refractivity contribution in [1.82, 2.24) is 0 Å². The van der Waals surface area contributed by atoms with E-state index in [0.29, 0.717) is 16.9 Å². The van der Waals surface area contributed by atoms with E-state index < -0.39 is 0 Å². The molecule has 0 saturated heterocycles. The lowest BCUT2D eigenvalue weighted by molar-refractivity contribution is -0.119. The SMILES string of the molecule is CCC(C)C(=O)Nc1ccc(NC(=O)c2ccccc2)c(O)c1. The van der Waals surface area contributed by atoms with Crippen molar-refractivity contribution in [1.29, 1.82) is 0 Å². The van der Waals surface area contributed by atoms with Crippen molar-refractivity contribution < 1.29 is 14.7 Å². The minimum absolute atomic E-state index is 0.101. The van der Waals surface area contributed by atoms with E-state index in [1.165, 1.54) is 6.07 Å². The quantitative estimate of drug-likeness (QED) is 0.738. The summed E-state index contributed by atoms with van der Waals surface area (Å²) in [5.74, 6) is -0.615. The van der Waals surface area contributed by atoms with Crippen molar-refractivity contribution >= 4 is 23.2 Å². The van der Waals surface area contributed by atoms with E-state index in [-0.39, 0.29) is 23.5 Å². The van der Waals surface area contributed by atoms with Crippen LogP contribution in [0.3, 0.4) is 0 Å². The number of hydrogen-bond donors (Lipinski definition) is 3. The predicted molar refractivity (Wildman–Crippen MR) is 90.6 cm³/mol. The Morgan fingerprint density at radius 2 is 1.78 bits per heavy atom. The molecule has 1 atom stereocenters. The summed E-state index contributed by atoms with van der Waals surface area (Å²) in [6, 6.07) is 13.3. The van der Waals surface area contributed by atoms with Gasteiger partial charge in [-0.05, 0) is 30.7 Å². The van der Waals surface area contributed by atoms with Crippen LogP contribution in [0, 0.1) is 5.92 Å². The molecule has 0 bridgehead atoms. The number of carbonyl (C=O) groups excluding carboxylic acids is 2. The normalized spacial score (nSPS) is 11.6. The smallest absolute Gasteiger partial charge is 0.255 e. The van der Waals surface area contributed by atoms with Gasteiger partial charge in [0.2, 0.25) is 5.91 Å². The molecule has 1 unspecified atom stereocenters. The molecule has 0 saturated carbocycles. The van der Waals surface area contributed by atoms with Crippen molar-refractivity contribution in [3.05, 3.63) is 54.1 Å². The highest BCUT2D eigenvalue weighted by Crippen LogP contribution is 2.27. The summed E-state index contributed by atoms with van der Waals surface area (Å²) < 4.78 is 0. The Morgan fingerprint density at radius 1 is 1.09 bits per heavy atom. The average Bonchev–Trinajstić information content (AvgIpc) is 2.57. The number of aromatic hydroxyl groups is 1. The van der Waals surface area contributed by atoms with E-state index in [1.807, 2.05) is 19.9 Å². The molecule has 23 heavy (non-hydrogen) atoms. The molecule has 2 aromatic carbocycles. The summed E-state index contributed by atoms with van der Waals surface area (Å²) in [6.07, 6.45) is 0.739. The summed E-state index contributed by atoms with van der Waals surface area (Å²) in [5, 5.41) is 15.4. The van der Waals surface area contributed by atoms with Crippen LogP contribution in [-0.2, 0) is 4.79 Å². The standard InChI is InChI=1S/C18H20N2O3/c1-3-12(2)17(22)19-14-9-10-15(16(21)11-14)20-18(23)13-7-5-4-6-8-13/h4-12,21H,3H2,1-2H3,(H,19,22)(H,20,23). The van der Waals surface area contributed by atoms with Gasteiger partial charge in [-0.2, -0.15) is 0 Å². The summed E-state index contributed by atoms with van der Waals surface area (Å²) in [5.41, 5.74) is 1.28. The summed E-state index contributed by atoms with van der Waals surface area (Å²) >= 11 is 0. The van der Waals surface area contributed by atoms with Crippen molar-refractivity contribution in [3.8, 4) is 5.75 Å². The Kier molecular flexibility index (Phi) is 5.36. The highest BCUT2D eigenvalue weighted by molar-refractivity contribution is 6.05. The number of carbonyl (C=O) groups is 2. The molecule has 0 aliphatic rings. The summed E-state index contributed by atoms with van der Waals surface area (Å²) in [7, 11) is 0. The van der Waals surface area contributed by atoms with Crippen LogP contribution < -0.4 is 10.6 Å². The van der Waals surface area contributed by atoms with E-state index in [0.717, 1.165) is 6.42 Å². The first-order valence-corrected chi connectivity index (χ1v) is 7.51. The zero-order valence-electron chi connectivity index (χ0n) is 13.2. The van der Waals surface area contributed by atoms with Crippen molar-refractivity contribution in [2.75, 3.05) is 10.6 Å². The van der Waals surface area contributed by atoms with Gasteiger partial charge in [0.1, 0.15) is 5.75 Å². The number of nitrogens with one attached hydrogen (secondary N) is 2. The Morgan fingerprint density at radius 3 is 2.39 bits per heavy atom. The minimum Gasteiger partial charge on any atom is -0.506 e. The molecule has 2 amide bonds. The van der Waals surface area contributed by atoms with Gasteiger partial charge in [0.05, 0.1) is 5.69 Å². The molecule has 0 heterocycles. The highest BCUT2D eigenvalue weighted by Gasteiger charge is 2.13. The summed E-state index contributed by atoms with van der Waals surface area (Å²) in [6.45, 7) is 3.77. The number of hydrogen-bond acceptors (Lipinski definition) is 3. The fourth-order valence-corrected chi connectivity index (χ4v) is 1.95. The molecule has 2 rings (SSSR count). The second-order valence-corrected chi connectivity index (χ2v) is 5.35. The Labute approximate surface area is 135 Å². The largest absolute Gasteiger partial charge is 0.506 e. The van der Waals surface area contributed by atoms with Crippen LogP contribution in [0.4, 0.5) is 11.4 Å². The fourth-order valence-electron chi connectivity index (χ4n) is 1.95. The fraction of sp³-hybridized carbons (Fsp3) is 0.222. The van der Waals surface area contributed by atoms with Gasteiger partial charge >= 0.3 is 0 Å². The molecule has 0 aromatic heterocycles. The van der Waals surface area contributed by atoms with Crippen LogP contribution in [-0.4, -0.2) is 16.9 Å². The molecule has 120 valence electrons. The molecular weight excluding hydrogens is 292 g/mol. The molecule has 2 aromatic rings. The monoisotopic (exact) mass is 312 g/mol. The minimum atomic E-state index is -0.308. The van der Waals surface area contributed by atoms with Crippen molar-refractivity contribution in [2.45, 2.75) is 20.3 Å². The average molecular weight is 312 g/mol. The Hall–Kier alpha value is -2.82. The second-order valence-electron chi connectivity index (χ2n) is 5.35. The van der Waals surface area contributed by atoms with Gasteiger partial charge in [-0.1, -0.05) is 32.0 Å². The van der Waals surface area contributed by atoms with Crippen LogP contribution in [0.2, 0.25) is 0 Å². The number of anilines is 2. The topological polar surface area (TPSA) is 78.4 Å². The molecule has 3 N–H and O–H groups in total. The first-order valence-electron chi connectivity index (χ1n) is 7.51. The van der Waals surface area contributed by atoms with Crippen LogP contribution in [0.5, 0.6) is 5.75 Å². The molecule has 0 radical (unpaired) electrons. The van der Waals surface area contributed by atoms with Gasteiger partial charge in [-0.25, -0.2) is 0 Å². The maximum atomic E-state index is 12.1. The highest BCUT2D eigenvalue weighted by atomic mass is 16.3. The van der Waals surface area contributed by atoms with Crippen molar-refractivity contribution in [3.63, 3.8) is 0 Å². The maximum absolute atomic E-state index is 12.1. The maximum Gasteiger partial charge on any atom is 0.255 e. The van der Waals surface area contributed by atoms with Crippen LogP contribution in [0.15, 0.2) is 48.5 Å². The van der Waals surface area contributed by atoms with Gasteiger partial charge in [-0.15, -0.1) is 0 Å². The van der Waals surface area contributed by atoms with Gasteiger partial charge in [-0.3, -0.25) is 9.59 Å². The molecule has 5 heteroatoms. The predicted octanol–water partition coefficient (Wildman–Crippen LogP) is 3.63. The molecular formula is C18H20N2O3. The number of benzene rings is 2. The molecule has 0 aliphatic carbocycles. The van der Waals surface area contributed by atoms with E-state index in [1.54, 1.807) is 36.4 Å². The van der Waals surface area contributed by atoms with Crippen LogP contribution in [0.1, 0.15) is 30.6 Å². The number of rotatable bonds is 5. The van der Waals surface area contributed by atoms with Gasteiger partial charge in [0.15, 0.2) is 0 Å². The third-order valence-electron chi connectivity index (χ3n) is 3.61. The zero-order valence-corrected chi connectivity index (χ0v) is 13.2. The number of amides is 2. The van der Waals surface area contributed by atoms with Crippen molar-refractivity contribution in [2.24, 2.45) is 5.92 Å². The third kappa shape index (κ3) is 4.32. The number of phenols is 1. The van der Waals surface area contributed by atoms with Gasteiger partial charge < -0.3 is 15.7 Å². The Balaban J connectivity index is 2.08. The second kappa shape index (κ2) is 7.45. The van der Waals surface area contributed by atoms with Crippen LogP contribution in [0.25, 0.3) is 0 Å². The molecule has 5 nitrogen and oxygen atoms in total. The zero-order chi connectivity index (χ0) is 16.8. The van der Waals surface area contributed by atoms with Gasteiger partial charge in [0.25, 0.3) is 5.91 Å².